The molecular formula is C10H12N2O4. The van der Waals surface area contributed by atoms with Gasteiger partial charge in [0.05, 0.1) is 11.8 Å². The monoisotopic (exact) mass is 224 g/mol. The number of esters is 2. The summed E-state index contributed by atoms with van der Waals surface area (Å²) in [4.78, 5) is 22.7. The number of ether oxygens (including phenoxy) is 2. The van der Waals surface area contributed by atoms with Gasteiger partial charge in [-0.25, -0.2) is 0 Å². The zero-order valence-electron chi connectivity index (χ0n) is 9.15. The molecule has 16 heavy (non-hydrogen) atoms. The Morgan fingerprint density at radius 2 is 1.62 bits per heavy atom. The van der Waals surface area contributed by atoms with Gasteiger partial charge in [0.2, 0.25) is 0 Å². The van der Waals surface area contributed by atoms with Crippen LogP contribution in [0.1, 0.15) is 33.1 Å². The van der Waals surface area contributed by atoms with Crippen LogP contribution in [0.4, 0.5) is 0 Å². The molecule has 0 saturated heterocycles. The van der Waals surface area contributed by atoms with Crippen molar-refractivity contribution < 1.29 is 19.1 Å². The Hall–Kier alpha value is -2.08. The highest BCUT2D eigenvalue weighted by atomic mass is 16.5. The summed E-state index contributed by atoms with van der Waals surface area (Å²) in [6.45, 7) is 3.39. The Kier molecular flexibility index (Phi) is 5.58. The van der Waals surface area contributed by atoms with Crippen molar-refractivity contribution in [2.24, 2.45) is 5.41 Å². The van der Waals surface area contributed by atoms with E-state index < -0.39 is 17.4 Å². The minimum atomic E-state index is -1.09. The Morgan fingerprint density at radius 1 is 1.12 bits per heavy atom. The molecule has 0 aliphatic rings. The molecule has 0 aliphatic heterocycles. The van der Waals surface area contributed by atoms with Gasteiger partial charge >= 0.3 is 11.9 Å². The zero-order chi connectivity index (χ0) is 12.6. The molecule has 0 bridgehead atoms. The minimum absolute atomic E-state index is 0.270. The van der Waals surface area contributed by atoms with E-state index in [2.05, 4.69) is 9.47 Å². The van der Waals surface area contributed by atoms with E-state index in [1.54, 1.807) is 13.8 Å². The smallest absolute Gasteiger partial charge is 0.328 e. The third-order valence-corrected chi connectivity index (χ3v) is 2.57. The summed E-state index contributed by atoms with van der Waals surface area (Å²) in [5.74, 6) is -1.57. The first kappa shape index (κ1) is 13.9. The van der Waals surface area contributed by atoms with Crippen molar-refractivity contribution in [2.75, 3.05) is 0 Å². The van der Waals surface area contributed by atoms with Crippen LogP contribution in [0, 0.1) is 28.4 Å². The average Bonchev–Trinajstić information content (AvgIpc) is 2.26. The van der Waals surface area contributed by atoms with Crippen LogP contribution in [-0.4, -0.2) is 11.9 Å². The molecule has 0 heterocycles. The SMILES string of the molecule is CCC(CC)(CC(=O)OC#N)C(=O)OC#N. The fourth-order valence-corrected chi connectivity index (χ4v) is 1.37. The maximum atomic E-state index is 11.5. The summed E-state index contributed by atoms with van der Waals surface area (Å²) in [5, 5.41) is 16.4. The van der Waals surface area contributed by atoms with Gasteiger partial charge in [0, 0.05) is 0 Å². The van der Waals surface area contributed by atoms with Crippen LogP contribution in [0.2, 0.25) is 0 Å². The fraction of sp³-hybridized carbons (Fsp3) is 0.600. The Morgan fingerprint density at radius 3 is 2.00 bits per heavy atom. The van der Waals surface area contributed by atoms with Crippen molar-refractivity contribution in [2.45, 2.75) is 33.1 Å². The van der Waals surface area contributed by atoms with E-state index in [1.807, 2.05) is 0 Å². The van der Waals surface area contributed by atoms with Gasteiger partial charge < -0.3 is 9.47 Å². The molecule has 0 aromatic rings. The number of hydrogen-bond acceptors (Lipinski definition) is 6. The highest BCUT2D eigenvalue weighted by Gasteiger charge is 2.39. The van der Waals surface area contributed by atoms with Crippen LogP contribution >= 0.6 is 0 Å². The molecule has 0 aliphatic carbocycles. The first-order chi connectivity index (χ1) is 7.56. The summed E-state index contributed by atoms with van der Waals surface area (Å²) < 4.78 is 8.35. The Labute approximate surface area is 93.4 Å². The predicted molar refractivity (Wildman–Crippen MR) is 51.0 cm³/mol. The number of carbonyl (C=O) groups excluding carboxylic acids is 2. The maximum absolute atomic E-state index is 11.5. The minimum Gasteiger partial charge on any atom is -0.351 e. The largest absolute Gasteiger partial charge is 0.351 e. The third kappa shape index (κ3) is 3.25. The van der Waals surface area contributed by atoms with Crippen LogP contribution in [-0.2, 0) is 19.1 Å². The molecule has 0 aromatic carbocycles. The number of rotatable bonds is 5. The molecule has 0 atom stereocenters. The summed E-state index contributed by atoms with van der Waals surface area (Å²) in [6.07, 6.45) is 2.90. The molecule has 0 rings (SSSR count). The van der Waals surface area contributed by atoms with E-state index in [4.69, 9.17) is 10.5 Å². The highest BCUT2D eigenvalue weighted by molar-refractivity contribution is 5.84. The molecule has 6 nitrogen and oxygen atoms in total. The summed E-state index contributed by atoms with van der Waals surface area (Å²) >= 11 is 0. The lowest BCUT2D eigenvalue weighted by atomic mass is 9.79. The summed E-state index contributed by atoms with van der Waals surface area (Å²) in [7, 11) is 0. The van der Waals surface area contributed by atoms with Crippen LogP contribution in [0.25, 0.3) is 0 Å². The number of nitrogens with zero attached hydrogens (tertiary/aromatic N) is 2. The van der Waals surface area contributed by atoms with Crippen molar-refractivity contribution in [3.8, 4) is 12.5 Å². The molecule has 0 saturated carbocycles. The molecule has 0 N–H and O–H groups in total. The van der Waals surface area contributed by atoms with Crippen LogP contribution in [0.15, 0.2) is 0 Å². The van der Waals surface area contributed by atoms with Gasteiger partial charge in [-0.1, -0.05) is 13.8 Å². The van der Waals surface area contributed by atoms with E-state index in [-0.39, 0.29) is 6.42 Å². The number of carbonyl (C=O) groups is 2. The Bertz CT molecular complexity index is 347. The second-order valence-electron chi connectivity index (χ2n) is 3.21. The normalized spacial score (nSPS) is 9.75. The average molecular weight is 224 g/mol. The van der Waals surface area contributed by atoms with Gasteiger partial charge in [0.25, 0.3) is 12.5 Å². The zero-order valence-corrected chi connectivity index (χ0v) is 9.15. The van der Waals surface area contributed by atoms with Crippen molar-refractivity contribution in [1.82, 2.24) is 0 Å². The second-order valence-corrected chi connectivity index (χ2v) is 3.21. The lowest BCUT2D eigenvalue weighted by Crippen LogP contribution is -2.33. The van der Waals surface area contributed by atoms with E-state index in [9.17, 15) is 9.59 Å². The van der Waals surface area contributed by atoms with Gasteiger partial charge in [0.15, 0.2) is 0 Å². The molecule has 0 fully saturated rings. The third-order valence-electron chi connectivity index (χ3n) is 2.57. The number of hydrogen-bond donors (Lipinski definition) is 0. The van der Waals surface area contributed by atoms with Gasteiger partial charge in [-0.05, 0) is 12.8 Å². The quantitative estimate of drug-likeness (QED) is 0.514. The van der Waals surface area contributed by atoms with Gasteiger partial charge in [-0.2, -0.15) is 0 Å². The molecule has 6 heteroatoms. The van der Waals surface area contributed by atoms with E-state index in [0.29, 0.717) is 12.8 Å². The molecule has 0 unspecified atom stereocenters. The first-order valence-corrected chi connectivity index (χ1v) is 4.75. The highest BCUT2D eigenvalue weighted by Crippen LogP contribution is 2.32. The van der Waals surface area contributed by atoms with Crippen LogP contribution in [0.5, 0.6) is 0 Å². The molecular weight excluding hydrogens is 212 g/mol. The molecule has 0 spiro atoms. The number of nitriles is 2. The van der Waals surface area contributed by atoms with E-state index in [1.165, 1.54) is 12.5 Å². The molecule has 0 amide bonds. The van der Waals surface area contributed by atoms with Crippen molar-refractivity contribution in [1.29, 1.82) is 10.5 Å². The van der Waals surface area contributed by atoms with Gasteiger partial charge in [0.1, 0.15) is 0 Å². The summed E-state index contributed by atoms with van der Waals surface area (Å²) in [6, 6.07) is 0. The maximum Gasteiger partial charge on any atom is 0.328 e. The topological polar surface area (TPSA) is 100 Å². The second kappa shape index (κ2) is 6.41. The van der Waals surface area contributed by atoms with Crippen molar-refractivity contribution >= 4 is 11.9 Å². The first-order valence-electron chi connectivity index (χ1n) is 4.75. The lowest BCUT2D eigenvalue weighted by Gasteiger charge is -2.25. The van der Waals surface area contributed by atoms with Crippen LogP contribution in [0.3, 0.4) is 0 Å². The van der Waals surface area contributed by atoms with Crippen molar-refractivity contribution in [3.05, 3.63) is 0 Å². The lowest BCUT2D eigenvalue weighted by molar-refractivity contribution is -0.156. The van der Waals surface area contributed by atoms with Crippen LogP contribution < -0.4 is 0 Å². The Balaban J connectivity index is 4.84. The predicted octanol–water partition coefficient (Wildman–Crippen LogP) is 1.23. The standard InChI is InChI=1S/C10H12N2O4/c1-3-10(4-2,9(14)16-7-12)5-8(13)15-6-11/h3-5H2,1-2H3. The van der Waals surface area contributed by atoms with Gasteiger partial charge in [-0.3, -0.25) is 9.59 Å². The molecule has 0 aromatic heterocycles. The fourth-order valence-electron chi connectivity index (χ4n) is 1.37. The molecule has 0 radical (unpaired) electrons. The molecule has 86 valence electrons. The van der Waals surface area contributed by atoms with Crippen molar-refractivity contribution in [3.63, 3.8) is 0 Å². The van der Waals surface area contributed by atoms with Gasteiger partial charge in [-0.15, -0.1) is 10.5 Å². The summed E-state index contributed by atoms with van der Waals surface area (Å²) in [5.41, 5.74) is -1.09. The van der Waals surface area contributed by atoms with E-state index in [0.717, 1.165) is 0 Å². The van der Waals surface area contributed by atoms with E-state index >= 15 is 0 Å².